The van der Waals surface area contributed by atoms with Gasteiger partial charge in [-0.1, -0.05) is 23.7 Å². The molecule has 12 heavy (non-hydrogen) atoms. The maximum Gasteiger partial charge on any atom is 0.0915 e. The van der Waals surface area contributed by atoms with E-state index in [4.69, 9.17) is 16.9 Å². The van der Waals surface area contributed by atoms with Gasteiger partial charge in [0.25, 0.3) is 0 Å². The molecule has 0 saturated carbocycles. The highest BCUT2D eigenvalue weighted by atomic mass is 35.5. The molecule has 0 aliphatic heterocycles. The van der Waals surface area contributed by atoms with Crippen LogP contribution < -0.4 is 0 Å². The molecule has 0 N–H and O–H groups in total. The molecular weight excluding hydrogens is 170 g/mol. The van der Waals surface area contributed by atoms with Crippen LogP contribution in [0.15, 0.2) is 30.3 Å². The molecule has 60 valence electrons. The Labute approximate surface area is 76.9 Å². The zero-order chi connectivity index (χ0) is 8.97. The number of rotatable bonds is 1. The topological polar surface area (TPSA) is 23.8 Å². The Morgan fingerprint density at radius 3 is 2.92 bits per heavy atom. The molecule has 2 heteroatoms. The third-order valence-corrected chi connectivity index (χ3v) is 1.80. The molecule has 1 rings (SSSR count). The number of nitrogens with zero attached hydrogens (tertiary/aromatic N) is 1. The molecule has 0 heterocycles. The van der Waals surface area contributed by atoms with Crippen LogP contribution in [0.1, 0.15) is 12.5 Å². The van der Waals surface area contributed by atoms with Crippen molar-refractivity contribution in [3.63, 3.8) is 0 Å². The third-order valence-electron chi connectivity index (χ3n) is 1.56. The van der Waals surface area contributed by atoms with E-state index in [1.54, 1.807) is 0 Å². The summed E-state index contributed by atoms with van der Waals surface area (Å²) in [6.07, 6.45) is 1.51. The summed E-state index contributed by atoms with van der Waals surface area (Å²) in [7, 11) is 0. The normalized spacial score (nSPS) is 10.9. The van der Waals surface area contributed by atoms with Gasteiger partial charge in [0.1, 0.15) is 0 Å². The summed E-state index contributed by atoms with van der Waals surface area (Å²) >= 11 is 5.78. The minimum atomic E-state index is 0.693. The highest BCUT2D eigenvalue weighted by molar-refractivity contribution is 6.30. The Balaban J connectivity index is 3.05. The lowest BCUT2D eigenvalue weighted by atomic mass is 10.1. The van der Waals surface area contributed by atoms with Gasteiger partial charge in [0, 0.05) is 11.1 Å². The van der Waals surface area contributed by atoms with Gasteiger partial charge >= 0.3 is 0 Å². The molecule has 0 saturated heterocycles. The van der Waals surface area contributed by atoms with Gasteiger partial charge in [-0.2, -0.15) is 5.26 Å². The second-order valence-corrected chi connectivity index (χ2v) is 2.90. The van der Waals surface area contributed by atoms with E-state index in [0.29, 0.717) is 5.02 Å². The van der Waals surface area contributed by atoms with Crippen molar-refractivity contribution >= 4 is 17.2 Å². The average Bonchev–Trinajstić information content (AvgIpc) is 2.05. The standard InChI is InChI=1S/C10H8ClN/c1-8(5-6-12)9-3-2-4-10(11)7-9/h2-5,7H,1H3/b8-5+. The minimum Gasteiger partial charge on any atom is -0.193 e. The zero-order valence-electron chi connectivity index (χ0n) is 6.71. The van der Waals surface area contributed by atoms with Gasteiger partial charge < -0.3 is 0 Å². The molecule has 0 atom stereocenters. The fraction of sp³-hybridized carbons (Fsp3) is 0.100. The molecule has 1 nitrogen and oxygen atoms in total. The fourth-order valence-corrected chi connectivity index (χ4v) is 1.10. The SMILES string of the molecule is C/C(=C\C#N)c1cccc(Cl)c1. The minimum absolute atomic E-state index is 0.693. The van der Waals surface area contributed by atoms with Gasteiger partial charge in [0.2, 0.25) is 0 Å². The molecule has 0 aromatic heterocycles. The van der Waals surface area contributed by atoms with Crippen LogP contribution in [0, 0.1) is 11.3 Å². The Kier molecular flexibility index (Phi) is 2.90. The van der Waals surface area contributed by atoms with Crippen LogP contribution in [-0.2, 0) is 0 Å². The highest BCUT2D eigenvalue weighted by Gasteiger charge is 1.94. The Morgan fingerprint density at radius 1 is 1.58 bits per heavy atom. The Morgan fingerprint density at radius 2 is 2.33 bits per heavy atom. The lowest BCUT2D eigenvalue weighted by Crippen LogP contribution is -1.77. The molecule has 0 amide bonds. The van der Waals surface area contributed by atoms with Gasteiger partial charge in [0.15, 0.2) is 0 Å². The second kappa shape index (κ2) is 3.94. The van der Waals surface area contributed by atoms with Crippen LogP contribution in [-0.4, -0.2) is 0 Å². The summed E-state index contributed by atoms with van der Waals surface area (Å²) in [6.45, 7) is 1.88. The smallest absolute Gasteiger partial charge is 0.0915 e. The van der Waals surface area contributed by atoms with Crippen molar-refractivity contribution in [1.82, 2.24) is 0 Å². The molecule has 0 radical (unpaired) electrons. The summed E-state index contributed by atoms with van der Waals surface area (Å²) in [5.74, 6) is 0. The van der Waals surface area contributed by atoms with Crippen LogP contribution in [0.3, 0.4) is 0 Å². The number of halogens is 1. The molecule has 0 spiro atoms. The molecule has 1 aromatic rings. The van der Waals surface area contributed by atoms with E-state index in [-0.39, 0.29) is 0 Å². The predicted octanol–water partition coefficient (Wildman–Crippen LogP) is 3.27. The lowest BCUT2D eigenvalue weighted by molar-refractivity contribution is 1.52. The molecule has 0 aliphatic rings. The first-order valence-electron chi connectivity index (χ1n) is 3.56. The number of hydrogen-bond acceptors (Lipinski definition) is 1. The maximum absolute atomic E-state index is 8.41. The van der Waals surface area contributed by atoms with Gasteiger partial charge in [-0.15, -0.1) is 0 Å². The van der Waals surface area contributed by atoms with E-state index in [9.17, 15) is 0 Å². The number of allylic oxidation sites excluding steroid dienone is 2. The first kappa shape index (κ1) is 8.83. The molecule has 0 bridgehead atoms. The molecule has 1 aromatic carbocycles. The van der Waals surface area contributed by atoms with Crippen molar-refractivity contribution in [2.24, 2.45) is 0 Å². The van der Waals surface area contributed by atoms with Gasteiger partial charge in [0.05, 0.1) is 6.07 Å². The van der Waals surface area contributed by atoms with E-state index in [0.717, 1.165) is 11.1 Å². The van der Waals surface area contributed by atoms with Crippen molar-refractivity contribution in [3.8, 4) is 6.07 Å². The lowest BCUT2D eigenvalue weighted by Gasteiger charge is -1.98. The molecular formula is C10H8ClN. The van der Waals surface area contributed by atoms with E-state index in [1.165, 1.54) is 6.08 Å². The summed E-state index contributed by atoms with van der Waals surface area (Å²) in [5.41, 5.74) is 1.92. The van der Waals surface area contributed by atoms with E-state index < -0.39 is 0 Å². The first-order valence-corrected chi connectivity index (χ1v) is 3.94. The van der Waals surface area contributed by atoms with E-state index in [2.05, 4.69) is 0 Å². The van der Waals surface area contributed by atoms with Crippen LogP contribution in [0.25, 0.3) is 5.57 Å². The number of hydrogen-bond donors (Lipinski definition) is 0. The number of benzene rings is 1. The zero-order valence-corrected chi connectivity index (χ0v) is 7.47. The van der Waals surface area contributed by atoms with Crippen molar-refractivity contribution < 1.29 is 0 Å². The van der Waals surface area contributed by atoms with Crippen LogP contribution in [0.4, 0.5) is 0 Å². The van der Waals surface area contributed by atoms with Gasteiger partial charge in [-0.05, 0) is 30.2 Å². The molecule has 0 aliphatic carbocycles. The summed E-state index contributed by atoms with van der Waals surface area (Å²) in [6, 6.07) is 9.42. The Hall–Kier alpha value is -1.26. The molecule has 0 unspecified atom stereocenters. The highest BCUT2D eigenvalue weighted by Crippen LogP contribution is 2.17. The molecule has 0 fully saturated rings. The second-order valence-electron chi connectivity index (χ2n) is 2.47. The van der Waals surface area contributed by atoms with Crippen molar-refractivity contribution in [1.29, 1.82) is 5.26 Å². The van der Waals surface area contributed by atoms with Crippen molar-refractivity contribution in [2.45, 2.75) is 6.92 Å². The fourth-order valence-electron chi connectivity index (χ4n) is 0.914. The predicted molar refractivity (Wildman–Crippen MR) is 50.7 cm³/mol. The number of nitriles is 1. The van der Waals surface area contributed by atoms with Crippen LogP contribution >= 0.6 is 11.6 Å². The van der Waals surface area contributed by atoms with Crippen molar-refractivity contribution in [3.05, 3.63) is 40.9 Å². The van der Waals surface area contributed by atoms with Gasteiger partial charge in [-0.25, -0.2) is 0 Å². The van der Waals surface area contributed by atoms with Crippen LogP contribution in [0.2, 0.25) is 5.02 Å². The maximum atomic E-state index is 8.41. The quantitative estimate of drug-likeness (QED) is 0.604. The summed E-state index contributed by atoms with van der Waals surface area (Å²) in [4.78, 5) is 0. The largest absolute Gasteiger partial charge is 0.193 e. The summed E-state index contributed by atoms with van der Waals surface area (Å²) in [5, 5.41) is 9.10. The van der Waals surface area contributed by atoms with E-state index >= 15 is 0 Å². The summed E-state index contributed by atoms with van der Waals surface area (Å²) < 4.78 is 0. The third kappa shape index (κ3) is 2.11. The average molecular weight is 178 g/mol. The van der Waals surface area contributed by atoms with E-state index in [1.807, 2.05) is 37.3 Å². The van der Waals surface area contributed by atoms with Crippen molar-refractivity contribution in [2.75, 3.05) is 0 Å². The first-order chi connectivity index (χ1) is 5.74. The van der Waals surface area contributed by atoms with Crippen LogP contribution in [0.5, 0.6) is 0 Å². The van der Waals surface area contributed by atoms with Gasteiger partial charge in [-0.3, -0.25) is 0 Å². The monoisotopic (exact) mass is 177 g/mol. The Bertz CT molecular complexity index is 347.